The summed E-state index contributed by atoms with van der Waals surface area (Å²) in [5.74, 6) is 0.0750. The first-order chi connectivity index (χ1) is 8.77. The third-order valence-corrected chi connectivity index (χ3v) is 3.65. The van der Waals surface area contributed by atoms with Crippen LogP contribution in [0.2, 0.25) is 5.02 Å². The number of alkyl halides is 1. The Labute approximate surface area is 118 Å². The van der Waals surface area contributed by atoms with E-state index >= 15 is 0 Å². The molecule has 0 saturated carbocycles. The Morgan fingerprint density at radius 1 is 1.06 bits per heavy atom. The van der Waals surface area contributed by atoms with Crippen LogP contribution in [0.15, 0.2) is 24.3 Å². The summed E-state index contributed by atoms with van der Waals surface area (Å²) in [5, 5.41) is 0.727. The molecule has 0 atom stereocenters. The van der Waals surface area contributed by atoms with Crippen LogP contribution in [-0.4, -0.2) is 19.1 Å². The number of ether oxygens (including phenoxy) is 2. The summed E-state index contributed by atoms with van der Waals surface area (Å²) in [6.45, 7) is 1.48. The van der Waals surface area contributed by atoms with Gasteiger partial charge in [0.05, 0.1) is 13.2 Å². The molecule has 0 unspecified atom stereocenters. The first kappa shape index (κ1) is 14.1. The van der Waals surface area contributed by atoms with Gasteiger partial charge >= 0.3 is 0 Å². The lowest BCUT2D eigenvalue weighted by atomic mass is 9.98. The smallest absolute Gasteiger partial charge is 0.194 e. The minimum absolute atomic E-state index is 0.602. The average molecular weight is 289 g/mol. The SMILES string of the molecule is ClCCCCC1(c2ccc(Cl)cc2)OCCCO1. The topological polar surface area (TPSA) is 18.5 Å². The first-order valence-corrected chi connectivity index (χ1v) is 7.28. The highest BCUT2D eigenvalue weighted by molar-refractivity contribution is 6.30. The van der Waals surface area contributed by atoms with E-state index in [1.54, 1.807) is 0 Å². The molecule has 0 N–H and O–H groups in total. The zero-order valence-electron chi connectivity index (χ0n) is 10.3. The van der Waals surface area contributed by atoms with E-state index in [2.05, 4.69) is 0 Å². The fourth-order valence-corrected chi connectivity index (χ4v) is 2.50. The lowest BCUT2D eigenvalue weighted by Crippen LogP contribution is -2.38. The molecule has 1 aliphatic heterocycles. The maximum absolute atomic E-state index is 5.93. The van der Waals surface area contributed by atoms with E-state index in [9.17, 15) is 0 Å². The van der Waals surface area contributed by atoms with Crippen molar-refractivity contribution in [2.45, 2.75) is 31.5 Å². The van der Waals surface area contributed by atoms with Crippen LogP contribution < -0.4 is 0 Å². The highest BCUT2D eigenvalue weighted by atomic mass is 35.5. The highest BCUT2D eigenvalue weighted by Gasteiger charge is 2.36. The van der Waals surface area contributed by atoms with E-state index in [1.165, 1.54) is 0 Å². The second kappa shape index (κ2) is 6.76. The van der Waals surface area contributed by atoms with Gasteiger partial charge in [-0.3, -0.25) is 0 Å². The number of halogens is 2. The minimum atomic E-state index is -0.602. The molecule has 1 aliphatic rings. The highest BCUT2D eigenvalue weighted by Crippen LogP contribution is 2.36. The van der Waals surface area contributed by atoms with Gasteiger partial charge in [0.2, 0.25) is 0 Å². The van der Waals surface area contributed by atoms with Crippen molar-refractivity contribution in [1.29, 1.82) is 0 Å². The standard InChI is InChI=1S/C14H18Cl2O2/c15-9-2-1-8-14(17-10-3-11-18-14)12-4-6-13(16)7-5-12/h4-7H,1-3,8-11H2. The Morgan fingerprint density at radius 3 is 2.33 bits per heavy atom. The normalized spacial score (nSPS) is 18.8. The Balaban J connectivity index is 2.15. The van der Waals surface area contributed by atoms with Gasteiger partial charge in [-0.05, 0) is 31.4 Å². The van der Waals surface area contributed by atoms with Crippen LogP contribution >= 0.6 is 23.2 Å². The fraction of sp³-hybridized carbons (Fsp3) is 0.571. The summed E-state index contributed by atoms with van der Waals surface area (Å²) in [5.41, 5.74) is 1.04. The van der Waals surface area contributed by atoms with Crippen molar-refractivity contribution >= 4 is 23.2 Å². The third kappa shape index (κ3) is 3.39. The maximum Gasteiger partial charge on any atom is 0.194 e. The van der Waals surface area contributed by atoms with Crippen molar-refractivity contribution in [3.8, 4) is 0 Å². The van der Waals surface area contributed by atoms with Gasteiger partial charge in [0.25, 0.3) is 0 Å². The molecule has 100 valence electrons. The van der Waals surface area contributed by atoms with Gasteiger partial charge in [0.1, 0.15) is 0 Å². The van der Waals surface area contributed by atoms with Gasteiger partial charge in [0.15, 0.2) is 5.79 Å². The molecule has 1 fully saturated rings. The molecule has 0 amide bonds. The quantitative estimate of drug-likeness (QED) is 0.593. The first-order valence-electron chi connectivity index (χ1n) is 6.37. The summed E-state index contributed by atoms with van der Waals surface area (Å²) in [7, 11) is 0. The summed E-state index contributed by atoms with van der Waals surface area (Å²) >= 11 is 11.7. The molecule has 4 heteroatoms. The molecule has 1 saturated heterocycles. The van der Waals surface area contributed by atoms with Crippen molar-refractivity contribution in [2.24, 2.45) is 0 Å². The number of hydrogen-bond acceptors (Lipinski definition) is 2. The van der Waals surface area contributed by atoms with E-state index < -0.39 is 5.79 Å². The second-order valence-corrected chi connectivity index (χ2v) is 5.27. The molecular formula is C14H18Cl2O2. The predicted molar refractivity (Wildman–Crippen MR) is 74.2 cm³/mol. The summed E-state index contributed by atoms with van der Waals surface area (Å²) in [4.78, 5) is 0. The number of hydrogen-bond donors (Lipinski definition) is 0. The Bertz CT molecular complexity index is 359. The van der Waals surface area contributed by atoms with Gasteiger partial charge in [0, 0.05) is 22.9 Å². The molecule has 0 spiro atoms. The third-order valence-electron chi connectivity index (χ3n) is 3.13. The molecule has 2 nitrogen and oxygen atoms in total. The summed E-state index contributed by atoms with van der Waals surface area (Å²) in [6.07, 6.45) is 3.75. The van der Waals surface area contributed by atoms with E-state index in [4.69, 9.17) is 32.7 Å². The number of benzene rings is 1. The summed E-state index contributed by atoms with van der Waals surface area (Å²) in [6, 6.07) is 7.71. The van der Waals surface area contributed by atoms with E-state index in [0.29, 0.717) is 5.88 Å². The molecule has 0 aromatic heterocycles. The van der Waals surface area contributed by atoms with Crippen molar-refractivity contribution in [3.63, 3.8) is 0 Å². The molecule has 1 heterocycles. The van der Waals surface area contributed by atoms with Crippen molar-refractivity contribution < 1.29 is 9.47 Å². The van der Waals surface area contributed by atoms with Gasteiger partial charge in [-0.1, -0.05) is 23.7 Å². The zero-order chi connectivity index (χ0) is 12.8. The van der Waals surface area contributed by atoms with Gasteiger partial charge in [-0.2, -0.15) is 0 Å². The molecule has 1 aromatic rings. The lowest BCUT2D eigenvalue weighted by Gasteiger charge is -2.37. The van der Waals surface area contributed by atoms with Crippen LogP contribution in [0.4, 0.5) is 0 Å². The van der Waals surface area contributed by atoms with Gasteiger partial charge in [-0.15, -0.1) is 11.6 Å². The average Bonchev–Trinajstić information content (AvgIpc) is 2.41. The monoisotopic (exact) mass is 288 g/mol. The number of rotatable bonds is 5. The minimum Gasteiger partial charge on any atom is -0.346 e. The molecule has 0 aliphatic carbocycles. The molecule has 2 rings (SSSR count). The molecule has 1 aromatic carbocycles. The van der Waals surface area contributed by atoms with E-state index in [-0.39, 0.29) is 0 Å². The second-order valence-electron chi connectivity index (χ2n) is 4.46. The lowest BCUT2D eigenvalue weighted by molar-refractivity contribution is -0.280. The Kier molecular flexibility index (Phi) is 5.31. The molecule has 0 radical (unpaired) electrons. The van der Waals surface area contributed by atoms with Gasteiger partial charge in [-0.25, -0.2) is 0 Å². The Morgan fingerprint density at radius 2 is 1.72 bits per heavy atom. The maximum atomic E-state index is 5.93. The molecular weight excluding hydrogens is 271 g/mol. The van der Waals surface area contributed by atoms with Gasteiger partial charge < -0.3 is 9.47 Å². The Hall–Kier alpha value is -0.280. The fourth-order valence-electron chi connectivity index (χ4n) is 2.19. The van der Waals surface area contributed by atoms with E-state index in [1.807, 2.05) is 24.3 Å². The van der Waals surface area contributed by atoms with Crippen LogP contribution in [0.5, 0.6) is 0 Å². The zero-order valence-corrected chi connectivity index (χ0v) is 11.8. The van der Waals surface area contributed by atoms with Crippen LogP contribution in [-0.2, 0) is 15.3 Å². The van der Waals surface area contributed by atoms with Crippen LogP contribution in [0.3, 0.4) is 0 Å². The largest absolute Gasteiger partial charge is 0.346 e. The van der Waals surface area contributed by atoms with Crippen molar-refractivity contribution in [1.82, 2.24) is 0 Å². The van der Waals surface area contributed by atoms with Crippen LogP contribution in [0.25, 0.3) is 0 Å². The van der Waals surface area contributed by atoms with Crippen molar-refractivity contribution in [3.05, 3.63) is 34.9 Å². The predicted octanol–water partition coefficient (Wildman–Crippen LogP) is 4.34. The number of unbranched alkanes of at least 4 members (excludes halogenated alkanes) is 1. The van der Waals surface area contributed by atoms with Crippen molar-refractivity contribution in [2.75, 3.05) is 19.1 Å². The summed E-state index contributed by atoms with van der Waals surface area (Å²) < 4.78 is 11.9. The molecule has 18 heavy (non-hydrogen) atoms. The van der Waals surface area contributed by atoms with Crippen LogP contribution in [0.1, 0.15) is 31.2 Å². The van der Waals surface area contributed by atoms with Crippen LogP contribution in [0, 0.1) is 0 Å². The van der Waals surface area contributed by atoms with E-state index in [0.717, 1.165) is 49.5 Å². The molecule has 0 bridgehead atoms.